The van der Waals surface area contributed by atoms with Gasteiger partial charge in [-0.1, -0.05) is 0 Å². The molecule has 1 aliphatic rings. The van der Waals surface area contributed by atoms with Gasteiger partial charge in [0.25, 0.3) is 5.91 Å². The molecule has 2 rings (SSSR count). The highest BCUT2D eigenvalue weighted by molar-refractivity contribution is 5.93. The van der Waals surface area contributed by atoms with E-state index in [1.165, 1.54) is 0 Å². The number of amides is 1. The van der Waals surface area contributed by atoms with Gasteiger partial charge in [0.2, 0.25) is 0 Å². The van der Waals surface area contributed by atoms with E-state index in [0.29, 0.717) is 38.2 Å². The third-order valence-corrected chi connectivity index (χ3v) is 4.09. The van der Waals surface area contributed by atoms with Crippen molar-refractivity contribution in [2.24, 2.45) is 5.92 Å². The molecule has 1 aliphatic heterocycles. The zero-order valence-corrected chi connectivity index (χ0v) is 14.8. The third kappa shape index (κ3) is 3.92. The lowest BCUT2D eigenvalue weighted by Gasteiger charge is -2.32. The van der Waals surface area contributed by atoms with Gasteiger partial charge < -0.3 is 9.64 Å². The van der Waals surface area contributed by atoms with Gasteiger partial charge in [-0.15, -0.1) is 0 Å². The van der Waals surface area contributed by atoms with Crippen molar-refractivity contribution < 1.29 is 14.3 Å². The maximum absolute atomic E-state index is 12.8. The molecule has 0 saturated carbocycles. The fourth-order valence-electron chi connectivity index (χ4n) is 2.90. The van der Waals surface area contributed by atoms with E-state index in [1.54, 1.807) is 4.68 Å². The van der Waals surface area contributed by atoms with E-state index in [1.807, 2.05) is 45.6 Å². The standard InChI is InChI=1S/C17H27N3O3/c1-6-23-16(22)13-7-9-19(10-8-13)15(21)14-11-12(2)18-20(14)17(3,4)5/h11,13H,6-10H2,1-5H3. The lowest BCUT2D eigenvalue weighted by Crippen LogP contribution is -2.42. The number of aromatic nitrogens is 2. The molecule has 0 bridgehead atoms. The highest BCUT2D eigenvalue weighted by Gasteiger charge is 2.31. The summed E-state index contributed by atoms with van der Waals surface area (Å²) in [7, 11) is 0. The zero-order valence-electron chi connectivity index (χ0n) is 14.8. The molecule has 0 aliphatic carbocycles. The van der Waals surface area contributed by atoms with E-state index in [-0.39, 0.29) is 23.3 Å². The Morgan fingerprint density at radius 3 is 2.43 bits per heavy atom. The molecule has 128 valence electrons. The third-order valence-electron chi connectivity index (χ3n) is 4.09. The van der Waals surface area contributed by atoms with Crippen molar-refractivity contribution in [3.05, 3.63) is 17.5 Å². The van der Waals surface area contributed by atoms with Crippen LogP contribution in [0.25, 0.3) is 0 Å². The molecular formula is C17H27N3O3. The van der Waals surface area contributed by atoms with Crippen molar-refractivity contribution in [2.75, 3.05) is 19.7 Å². The van der Waals surface area contributed by atoms with Crippen LogP contribution in [0.15, 0.2) is 6.07 Å². The summed E-state index contributed by atoms with van der Waals surface area (Å²) in [5, 5.41) is 4.46. The monoisotopic (exact) mass is 321 g/mol. The van der Waals surface area contributed by atoms with Crippen LogP contribution in [0.3, 0.4) is 0 Å². The molecule has 1 saturated heterocycles. The molecule has 2 heterocycles. The van der Waals surface area contributed by atoms with E-state index in [0.717, 1.165) is 5.69 Å². The van der Waals surface area contributed by atoms with Crippen molar-refractivity contribution in [3.8, 4) is 0 Å². The van der Waals surface area contributed by atoms with Gasteiger partial charge in [0.05, 0.1) is 23.8 Å². The lowest BCUT2D eigenvalue weighted by molar-refractivity contribution is -0.149. The second kappa shape index (κ2) is 6.72. The number of carbonyl (C=O) groups is 2. The number of likely N-dealkylation sites (tertiary alicyclic amines) is 1. The second-order valence-corrected chi connectivity index (χ2v) is 7.07. The number of hydrogen-bond donors (Lipinski definition) is 0. The fourth-order valence-corrected chi connectivity index (χ4v) is 2.90. The Morgan fingerprint density at radius 1 is 1.30 bits per heavy atom. The van der Waals surface area contributed by atoms with Crippen LogP contribution in [0.2, 0.25) is 0 Å². The van der Waals surface area contributed by atoms with E-state index >= 15 is 0 Å². The Hall–Kier alpha value is -1.85. The molecule has 0 atom stereocenters. The van der Waals surface area contributed by atoms with Gasteiger partial charge in [0.15, 0.2) is 0 Å². The summed E-state index contributed by atoms with van der Waals surface area (Å²) in [4.78, 5) is 26.4. The molecule has 1 fully saturated rings. The number of piperidine rings is 1. The number of rotatable bonds is 3. The summed E-state index contributed by atoms with van der Waals surface area (Å²) < 4.78 is 6.87. The first-order valence-electron chi connectivity index (χ1n) is 8.27. The van der Waals surface area contributed by atoms with Crippen molar-refractivity contribution in [3.63, 3.8) is 0 Å². The first-order chi connectivity index (χ1) is 10.7. The molecule has 6 heteroatoms. The van der Waals surface area contributed by atoms with Crippen LogP contribution >= 0.6 is 0 Å². The van der Waals surface area contributed by atoms with Gasteiger partial charge in [-0.25, -0.2) is 0 Å². The normalized spacial score (nSPS) is 16.5. The molecule has 23 heavy (non-hydrogen) atoms. The number of nitrogens with zero attached hydrogens (tertiary/aromatic N) is 3. The van der Waals surface area contributed by atoms with Crippen LogP contribution in [0.4, 0.5) is 0 Å². The number of esters is 1. The Bertz CT molecular complexity index is 578. The Labute approximate surface area is 137 Å². The molecule has 6 nitrogen and oxygen atoms in total. The van der Waals surface area contributed by atoms with Crippen molar-refractivity contribution in [2.45, 2.75) is 53.0 Å². The van der Waals surface area contributed by atoms with Crippen LogP contribution in [0.5, 0.6) is 0 Å². The first kappa shape index (κ1) is 17.5. The molecule has 0 radical (unpaired) electrons. The van der Waals surface area contributed by atoms with Gasteiger partial charge in [0.1, 0.15) is 5.69 Å². The van der Waals surface area contributed by atoms with Crippen LogP contribution in [-0.2, 0) is 15.1 Å². The zero-order chi connectivity index (χ0) is 17.2. The summed E-state index contributed by atoms with van der Waals surface area (Å²) >= 11 is 0. The van der Waals surface area contributed by atoms with Gasteiger partial charge in [0, 0.05) is 13.1 Å². The second-order valence-electron chi connectivity index (χ2n) is 7.07. The summed E-state index contributed by atoms with van der Waals surface area (Å²) in [5.41, 5.74) is 1.21. The van der Waals surface area contributed by atoms with Crippen LogP contribution in [-0.4, -0.2) is 46.3 Å². The topological polar surface area (TPSA) is 64.4 Å². The predicted octanol–water partition coefficient (Wildman–Crippen LogP) is 2.36. The molecule has 0 N–H and O–H groups in total. The molecule has 1 aromatic rings. The largest absolute Gasteiger partial charge is 0.466 e. The van der Waals surface area contributed by atoms with Gasteiger partial charge in [-0.3, -0.25) is 14.3 Å². The smallest absolute Gasteiger partial charge is 0.309 e. The maximum atomic E-state index is 12.8. The number of carbonyl (C=O) groups excluding carboxylic acids is 2. The average molecular weight is 321 g/mol. The van der Waals surface area contributed by atoms with Crippen molar-refractivity contribution in [1.82, 2.24) is 14.7 Å². The highest BCUT2D eigenvalue weighted by Crippen LogP contribution is 2.23. The Balaban J connectivity index is 2.08. The predicted molar refractivity (Wildman–Crippen MR) is 87.2 cm³/mol. The number of aryl methyl sites for hydroxylation is 1. The summed E-state index contributed by atoms with van der Waals surface area (Å²) in [6.07, 6.45) is 1.32. The van der Waals surface area contributed by atoms with E-state index in [9.17, 15) is 9.59 Å². The van der Waals surface area contributed by atoms with Crippen LogP contribution < -0.4 is 0 Å². The lowest BCUT2D eigenvalue weighted by atomic mass is 9.96. The van der Waals surface area contributed by atoms with E-state index in [4.69, 9.17) is 4.74 Å². The minimum absolute atomic E-state index is 0.0113. The van der Waals surface area contributed by atoms with Gasteiger partial charge in [-0.05, 0) is 53.5 Å². The van der Waals surface area contributed by atoms with Gasteiger partial charge in [-0.2, -0.15) is 5.10 Å². The minimum atomic E-state index is -0.248. The Morgan fingerprint density at radius 2 is 1.91 bits per heavy atom. The summed E-state index contributed by atoms with van der Waals surface area (Å²) in [5.74, 6) is -0.244. The first-order valence-corrected chi connectivity index (χ1v) is 8.27. The van der Waals surface area contributed by atoms with Crippen LogP contribution in [0, 0.1) is 12.8 Å². The van der Waals surface area contributed by atoms with E-state index < -0.39 is 0 Å². The molecular weight excluding hydrogens is 294 g/mol. The van der Waals surface area contributed by atoms with Crippen molar-refractivity contribution in [1.29, 1.82) is 0 Å². The molecule has 0 spiro atoms. The van der Waals surface area contributed by atoms with Crippen molar-refractivity contribution >= 4 is 11.9 Å². The molecule has 0 unspecified atom stereocenters. The minimum Gasteiger partial charge on any atom is -0.466 e. The SMILES string of the molecule is CCOC(=O)C1CCN(C(=O)c2cc(C)nn2C(C)(C)C)CC1. The molecule has 1 amide bonds. The van der Waals surface area contributed by atoms with Crippen LogP contribution in [0.1, 0.15) is 56.7 Å². The molecule has 0 aromatic carbocycles. The molecule has 1 aromatic heterocycles. The highest BCUT2D eigenvalue weighted by atomic mass is 16.5. The summed E-state index contributed by atoms with van der Waals surface area (Å²) in [6.45, 7) is 11.4. The summed E-state index contributed by atoms with van der Waals surface area (Å²) in [6, 6.07) is 1.84. The van der Waals surface area contributed by atoms with Gasteiger partial charge >= 0.3 is 5.97 Å². The maximum Gasteiger partial charge on any atom is 0.309 e. The number of ether oxygens (including phenoxy) is 1. The Kier molecular flexibility index (Phi) is 5.12. The average Bonchev–Trinajstić information content (AvgIpc) is 2.89. The van der Waals surface area contributed by atoms with E-state index in [2.05, 4.69) is 5.10 Å². The fraction of sp³-hybridized carbons (Fsp3) is 0.706. The number of hydrogen-bond acceptors (Lipinski definition) is 4. The quantitative estimate of drug-likeness (QED) is 0.802.